The molecule has 80 valence electrons. The van der Waals surface area contributed by atoms with Gasteiger partial charge in [-0.3, -0.25) is 4.79 Å². The molecule has 1 saturated heterocycles. The van der Waals surface area contributed by atoms with Crippen molar-refractivity contribution in [2.45, 2.75) is 51.1 Å². The maximum absolute atomic E-state index is 11.0. The van der Waals surface area contributed by atoms with E-state index >= 15 is 0 Å². The van der Waals surface area contributed by atoms with Crippen LogP contribution in [0.3, 0.4) is 0 Å². The quantitative estimate of drug-likeness (QED) is 0.705. The van der Waals surface area contributed by atoms with Crippen molar-refractivity contribution in [2.75, 3.05) is 6.54 Å². The van der Waals surface area contributed by atoms with Crippen molar-refractivity contribution < 1.29 is 4.79 Å². The number of carbonyl (C=O) groups excluding carboxylic acids is 1. The number of hydrogen-bond acceptors (Lipinski definition) is 2. The number of carbonyl (C=O) groups is 1. The van der Waals surface area contributed by atoms with E-state index in [9.17, 15) is 4.79 Å². The largest absolute Gasteiger partial charge is 0.355 e. The second-order valence-electron chi connectivity index (χ2n) is 4.56. The molecule has 1 saturated carbocycles. The van der Waals surface area contributed by atoms with Gasteiger partial charge in [0, 0.05) is 25.0 Å². The molecule has 0 aromatic heterocycles. The molecule has 1 aliphatic heterocycles. The molecule has 0 spiro atoms. The van der Waals surface area contributed by atoms with Crippen LogP contribution in [0.15, 0.2) is 0 Å². The van der Waals surface area contributed by atoms with Gasteiger partial charge in [-0.15, -0.1) is 0 Å². The normalized spacial score (nSPS) is 29.8. The molecule has 2 aliphatic rings. The Morgan fingerprint density at radius 3 is 2.79 bits per heavy atom. The lowest BCUT2D eigenvalue weighted by Crippen LogP contribution is -2.49. The summed E-state index contributed by atoms with van der Waals surface area (Å²) in [5, 5.41) is 6.59. The maximum atomic E-state index is 11.0. The van der Waals surface area contributed by atoms with Crippen LogP contribution in [-0.4, -0.2) is 24.5 Å². The third-order valence-corrected chi connectivity index (χ3v) is 3.35. The van der Waals surface area contributed by atoms with Gasteiger partial charge in [-0.25, -0.2) is 0 Å². The van der Waals surface area contributed by atoms with Gasteiger partial charge in [0.15, 0.2) is 0 Å². The van der Waals surface area contributed by atoms with Gasteiger partial charge in [0.25, 0.3) is 0 Å². The molecule has 0 aromatic carbocycles. The molecule has 3 heteroatoms. The SMILES string of the molecule is CCC(NC1CCC(=O)NC1)C1CC1. The molecule has 2 unspecified atom stereocenters. The van der Waals surface area contributed by atoms with E-state index in [0.29, 0.717) is 18.5 Å². The molecule has 1 heterocycles. The zero-order chi connectivity index (χ0) is 9.97. The van der Waals surface area contributed by atoms with Crippen LogP contribution in [0.1, 0.15) is 39.0 Å². The molecule has 14 heavy (non-hydrogen) atoms. The van der Waals surface area contributed by atoms with E-state index in [1.165, 1.54) is 19.3 Å². The summed E-state index contributed by atoms with van der Waals surface area (Å²) >= 11 is 0. The fraction of sp³-hybridized carbons (Fsp3) is 0.909. The summed E-state index contributed by atoms with van der Waals surface area (Å²) in [5.74, 6) is 1.13. The number of amides is 1. The molecule has 2 N–H and O–H groups in total. The Morgan fingerprint density at radius 1 is 1.50 bits per heavy atom. The number of rotatable bonds is 4. The van der Waals surface area contributed by atoms with Gasteiger partial charge in [-0.2, -0.15) is 0 Å². The Bertz CT molecular complexity index is 203. The van der Waals surface area contributed by atoms with Crippen LogP contribution in [0, 0.1) is 5.92 Å². The number of piperidine rings is 1. The Kier molecular flexibility index (Phi) is 3.06. The fourth-order valence-corrected chi connectivity index (χ4v) is 2.26. The summed E-state index contributed by atoms with van der Waals surface area (Å²) in [5.41, 5.74) is 0. The van der Waals surface area contributed by atoms with Crippen LogP contribution in [0.2, 0.25) is 0 Å². The first-order valence-electron chi connectivity index (χ1n) is 5.82. The van der Waals surface area contributed by atoms with E-state index < -0.39 is 0 Å². The average molecular weight is 196 g/mol. The van der Waals surface area contributed by atoms with Gasteiger partial charge in [-0.1, -0.05) is 6.92 Å². The van der Waals surface area contributed by atoms with Crippen LogP contribution < -0.4 is 10.6 Å². The molecule has 2 rings (SSSR count). The van der Waals surface area contributed by atoms with Gasteiger partial charge in [0.05, 0.1) is 0 Å². The Hall–Kier alpha value is -0.570. The lowest BCUT2D eigenvalue weighted by Gasteiger charge is -2.28. The van der Waals surface area contributed by atoms with E-state index in [2.05, 4.69) is 17.6 Å². The monoisotopic (exact) mass is 196 g/mol. The predicted molar refractivity (Wildman–Crippen MR) is 56.0 cm³/mol. The first-order chi connectivity index (χ1) is 6.79. The Labute approximate surface area is 85.6 Å². The molecule has 0 radical (unpaired) electrons. The third-order valence-electron chi connectivity index (χ3n) is 3.35. The van der Waals surface area contributed by atoms with Crippen molar-refractivity contribution in [1.82, 2.24) is 10.6 Å². The van der Waals surface area contributed by atoms with Crippen LogP contribution in [0.25, 0.3) is 0 Å². The van der Waals surface area contributed by atoms with Crippen molar-refractivity contribution in [2.24, 2.45) is 5.92 Å². The van der Waals surface area contributed by atoms with Crippen molar-refractivity contribution in [3.8, 4) is 0 Å². The molecule has 0 aromatic rings. The summed E-state index contributed by atoms with van der Waals surface area (Å²) in [6.45, 7) is 3.07. The minimum absolute atomic E-state index is 0.211. The lowest BCUT2D eigenvalue weighted by atomic mass is 10.0. The molecule has 0 bridgehead atoms. The molecular formula is C11H20N2O. The van der Waals surface area contributed by atoms with Gasteiger partial charge in [0.2, 0.25) is 5.91 Å². The highest BCUT2D eigenvalue weighted by Gasteiger charge is 2.31. The topological polar surface area (TPSA) is 41.1 Å². The molecule has 1 amide bonds. The van der Waals surface area contributed by atoms with E-state index in [1.807, 2.05) is 0 Å². The van der Waals surface area contributed by atoms with Crippen molar-refractivity contribution in [3.63, 3.8) is 0 Å². The van der Waals surface area contributed by atoms with E-state index in [-0.39, 0.29) is 5.91 Å². The Balaban J connectivity index is 1.75. The van der Waals surface area contributed by atoms with Gasteiger partial charge < -0.3 is 10.6 Å². The van der Waals surface area contributed by atoms with E-state index in [0.717, 1.165) is 18.9 Å². The van der Waals surface area contributed by atoms with Crippen LogP contribution in [0.4, 0.5) is 0 Å². The zero-order valence-corrected chi connectivity index (χ0v) is 8.88. The summed E-state index contributed by atoms with van der Waals surface area (Å²) in [4.78, 5) is 11.0. The highest BCUT2D eigenvalue weighted by atomic mass is 16.1. The average Bonchev–Trinajstić information content (AvgIpc) is 3.01. The Morgan fingerprint density at radius 2 is 2.29 bits per heavy atom. The fourth-order valence-electron chi connectivity index (χ4n) is 2.26. The zero-order valence-electron chi connectivity index (χ0n) is 8.88. The molecule has 1 aliphatic carbocycles. The second kappa shape index (κ2) is 4.30. The first-order valence-corrected chi connectivity index (χ1v) is 5.82. The van der Waals surface area contributed by atoms with Crippen molar-refractivity contribution >= 4 is 5.91 Å². The highest BCUT2D eigenvalue weighted by molar-refractivity contribution is 5.76. The standard InChI is InChI=1S/C11H20N2O/c1-2-10(8-3-4-8)13-9-5-6-11(14)12-7-9/h8-10,13H,2-7H2,1H3,(H,12,14). The summed E-state index contributed by atoms with van der Waals surface area (Å²) in [6, 6.07) is 1.20. The van der Waals surface area contributed by atoms with E-state index in [1.54, 1.807) is 0 Å². The first kappa shape index (κ1) is 9.97. The summed E-state index contributed by atoms with van der Waals surface area (Å²) < 4.78 is 0. The molecular weight excluding hydrogens is 176 g/mol. The minimum Gasteiger partial charge on any atom is -0.355 e. The third kappa shape index (κ3) is 2.47. The summed E-state index contributed by atoms with van der Waals surface area (Å²) in [7, 11) is 0. The second-order valence-corrected chi connectivity index (χ2v) is 4.56. The number of hydrogen-bond donors (Lipinski definition) is 2. The highest BCUT2D eigenvalue weighted by Crippen LogP contribution is 2.34. The van der Waals surface area contributed by atoms with Gasteiger partial charge in [0.1, 0.15) is 0 Å². The lowest BCUT2D eigenvalue weighted by molar-refractivity contribution is -0.122. The maximum Gasteiger partial charge on any atom is 0.220 e. The van der Waals surface area contributed by atoms with Crippen LogP contribution in [0.5, 0.6) is 0 Å². The molecule has 3 nitrogen and oxygen atoms in total. The van der Waals surface area contributed by atoms with Gasteiger partial charge >= 0.3 is 0 Å². The van der Waals surface area contributed by atoms with Crippen molar-refractivity contribution in [3.05, 3.63) is 0 Å². The van der Waals surface area contributed by atoms with Crippen LogP contribution >= 0.6 is 0 Å². The summed E-state index contributed by atoms with van der Waals surface area (Å²) in [6.07, 6.45) is 5.71. The number of nitrogens with one attached hydrogen (secondary N) is 2. The molecule has 2 atom stereocenters. The minimum atomic E-state index is 0.211. The van der Waals surface area contributed by atoms with E-state index in [4.69, 9.17) is 0 Å². The molecule has 2 fully saturated rings. The predicted octanol–water partition coefficient (Wildman–Crippen LogP) is 1.04. The smallest absolute Gasteiger partial charge is 0.220 e. The van der Waals surface area contributed by atoms with Crippen LogP contribution in [-0.2, 0) is 4.79 Å². The van der Waals surface area contributed by atoms with Gasteiger partial charge in [-0.05, 0) is 31.6 Å². The van der Waals surface area contributed by atoms with Crippen molar-refractivity contribution in [1.29, 1.82) is 0 Å².